The summed E-state index contributed by atoms with van der Waals surface area (Å²) in [5, 5.41) is 21.6. The first-order valence-electron chi connectivity index (χ1n) is 10.1. The number of carboxylic acids is 2. The lowest BCUT2D eigenvalue weighted by molar-refractivity contribution is -0.315. The number of hydrogen-bond acceptors (Lipinski definition) is 4. The number of carbonyl (C=O) groups excluding carboxylic acids is 2. The van der Waals surface area contributed by atoms with Gasteiger partial charge in [-0.1, -0.05) is 103 Å². The van der Waals surface area contributed by atoms with Gasteiger partial charge >= 0.3 is 0 Å². The van der Waals surface area contributed by atoms with Gasteiger partial charge in [-0.25, -0.2) is 0 Å². The third-order valence-electron chi connectivity index (χ3n) is 4.81. The fourth-order valence-electron chi connectivity index (χ4n) is 3.12. The van der Waals surface area contributed by atoms with Crippen LogP contribution < -0.4 is 10.2 Å². The van der Waals surface area contributed by atoms with Gasteiger partial charge < -0.3 is 19.8 Å². The number of carbonyl (C=O) groups is 2. The molecule has 0 radical (unpaired) electrons. The van der Waals surface area contributed by atoms with Crippen LogP contribution in [0.1, 0.15) is 103 Å². The van der Waals surface area contributed by atoms with Gasteiger partial charge in [-0.15, -0.1) is 0 Å². The van der Waals surface area contributed by atoms with Crippen LogP contribution in [0.5, 0.6) is 0 Å². The monoisotopic (exact) mass is 352 g/mol. The summed E-state index contributed by atoms with van der Waals surface area (Å²) < 4.78 is 0. The van der Waals surface area contributed by atoms with E-state index in [2.05, 4.69) is 13.5 Å². The second-order valence-electron chi connectivity index (χ2n) is 7.07. The lowest BCUT2D eigenvalue weighted by Crippen LogP contribution is -2.38. The third kappa shape index (κ3) is 13.6. The van der Waals surface area contributed by atoms with Gasteiger partial charge in [0.1, 0.15) is 0 Å². The van der Waals surface area contributed by atoms with Gasteiger partial charge in [-0.3, -0.25) is 0 Å². The van der Waals surface area contributed by atoms with Crippen molar-refractivity contribution in [2.45, 2.75) is 103 Å². The van der Waals surface area contributed by atoms with E-state index >= 15 is 0 Å². The summed E-state index contributed by atoms with van der Waals surface area (Å²) in [6.07, 6.45) is 17.4. The van der Waals surface area contributed by atoms with Crippen molar-refractivity contribution in [3.63, 3.8) is 0 Å². The molecule has 0 rings (SSSR count). The Kier molecular flexibility index (Phi) is 15.3. The van der Waals surface area contributed by atoms with Crippen LogP contribution in [0.2, 0.25) is 0 Å². The van der Waals surface area contributed by atoms with Crippen LogP contribution in [0.4, 0.5) is 0 Å². The van der Waals surface area contributed by atoms with Gasteiger partial charge in [0.15, 0.2) is 0 Å². The normalized spacial score (nSPS) is 12.0. The summed E-state index contributed by atoms with van der Waals surface area (Å²) >= 11 is 0. The molecule has 4 heteroatoms. The maximum atomic E-state index is 10.9. The highest BCUT2D eigenvalue weighted by molar-refractivity contribution is 5.91. The van der Waals surface area contributed by atoms with Crippen LogP contribution in [0.3, 0.4) is 0 Å². The molecule has 1 atom stereocenters. The van der Waals surface area contributed by atoms with Gasteiger partial charge in [0, 0.05) is 11.9 Å². The first-order valence-corrected chi connectivity index (χ1v) is 10.1. The molecule has 0 aliphatic carbocycles. The minimum Gasteiger partial charge on any atom is -0.549 e. The van der Waals surface area contributed by atoms with Crippen molar-refractivity contribution in [3.8, 4) is 0 Å². The summed E-state index contributed by atoms with van der Waals surface area (Å²) in [5.74, 6) is -3.99. The molecule has 0 aliphatic heterocycles. The Morgan fingerprint density at radius 1 is 0.720 bits per heavy atom. The van der Waals surface area contributed by atoms with Crippen LogP contribution in [0, 0.1) is 5.92 Å². The molecule has 0 aromatic carbocycles. The molecule has 0 aliphatic rings. The van der Waals surface area contributed by atoms with Gasteiger partial charge in [-0.2, -0.15) is 0 Å². The van der Waals surface area contributed by atoms with E-state index in [9.17, 15) is 19.8 Å². The minimum absolute atomic E-state index is 0.271. The quantitative estimate of drug-likeness (QED) is 0.279. The molecule has 0 fully saturated rings. The van der Waals surface area contributed by atoms with E-state index in [-0.39, 0.29) is 12.0 Å². The Labute approximate surface area is 153 Å². The number of carboxylic acid groups (broad SMARTS) is 2. The second-order valence-corrected chi connectivity index (χ2v) is 7.07. The Hall–Kier alpha value is -1.32. The Bertz CT molecular complexity index is 376. The molecule has 0 N–H and O–H groups in total. The van der Waals surface area contributed by atoms with Crippen LogP contribution in [-0.4, -0.2) is 11.9 Å². The fourth-order valence-corrected chi connectivity index (χ4v) is 3.12. The van der Waals surface area contributed by atoms with Crippen LogP contribution in [0.15, 0.2) is 12.2 Å². The van der Waals surface area contributed by atoms with E-state index in [4.69, 9.17) is 0 Å². The van der Waals surface area contributed by atoms with Gasteiger partial charge in [0.05, 0.1) is 5.97 Å². The lowest BCUT2D eigenvalue weighted by atomic mass is 9.93. The third-order valence-corrected chi connectivity index (χ3v) is 4.81. The molecule has 0 saturated heterocycles. The van der Waals surface area contributed by atoms with Crippen molar-refractivity contribution in [3.05, 3.63) is 12.2 Å². The number of hydrogen-bond donors (Lipinski definition) is 0. The van der Waals surface area contributed by atoms with Crippen molar-refractivity contribution >= 4 is 11.9 Å². The minimum atomic E-state index is -1.50. The van der Waals surface area contributed by atoms with Crippen LogP contribution in [0.25, 0.3) is 0 Å². The smallest absolute Gasteiger partial charge is 0.0675 e. The predicted molar refractivity (Wildman–Crippen MR) is 97.6 cm³/mol. The summed E-state index contributed by atoms with van der Waals surface area (Å²) in [7, 11) is 0. The van der Waals surface area contributed by atoms with E-state index in [0.29, 0.717) is 6.42 Å². The molecule has 146 valence electrons. The Morgan fingerprint density at radius 3 is 1.40 bits per heavy atom. The van der Waals surface area contributed by atoms with Crippen molar-refractivity contribution in [1.29, 1.82) is 0 Å². The van der Waals surface area contributed by atoms with Crippen molar-refractivity contribution in [2.24, 2.45) is 5.92 Å². The van der Waals surface area contributed by atoms with Gasteiger partial charge in [0.25, 0.3) is 0 Å². The average molecular weight is 353 g/mol. The number of rotatable bonds is 18. The first-order chi connectivity index (χ1) is 12.0. The van der Waals surface area contributed by atoms with Crippen LogP contribution >= 0.6 is 0 Å². The van der Waals surface area contributed by atoms with E-state index < -0.39 is 17.9 Å². The Morgan fingerprint density at radius 2 is 1.08 bits per heavy atom. The van der Waals surface area contributed by atoms with Crippen molar-refractivity contribution in [1.82, 2.24) is 0 Å². The predicted octanol–water partition coefficient (Wildman–Crippen LogP) is 3.53. The highest BCUT2D eigenvalue weighted by atomic mass is 16.4. The van der Waals surface area contributed by atoms with E-state index in [1.165, 1.54) is 64.2 Å². The summed E-state index contributed by atoms with van der Waals surface area (Å²) in [6, 6.07) is 0. The highest BCUT2D eigenvalue weighted by Crippen LogP contribution is 2.18. The van der Waals surface area contributed by atoms with E-state index in [0.717, 1.165) is 19.3 Å². The molecule has 0 bridgehead atoms. The molecule has 1 unspecified atom stereocenters. The summed E-state index contributed by atoms with van der Waals surface area (Å²) in [5.41, 5.74) is -0.380. The molecule has 4 nitrogen and oxygen atoms in total. The molecular formula is C21H36O4-2. The molecular weight excluding hydrogens is 316 g/mol. The summed E-state index contributed by atoms with van der Waals surface area (Å²) in [4.78, 5) is 21.6. The largest absolute Gasteiger partial charge is 0.549 e. The maximum absolute atomic E-state index is 10.9. The maximum Gasteiger partial charge on any atom is 0.0675 e. The lowest BCUT2D eigenvalue weighted by Gasteiger charge is -2.21. The zero-order chi connectivity index (χ0) is 18.9. The molecule has 25 heavy (non-hydrogen) atoms. The fraction of sp³-hybridized carbons (Fsp3) is 0.810. The molecule has 0 amide bonds. The standard InChI is InChI=1S/C21H38O4/c1-3-4-5-6-7-8-9-10-11-12-13-14-15-16-17-19(21(24)25)18(2)20(22)23/h19H,2-17H2,1H3,(H,22,23)(H,24,25)/p-2. The van der Waals surface area contributed by atoms with Crippen LogP contribution in [-0.2, 0) is 9.59 Å². The second kappa shape index (κ2) is 16.2. The zero-order valence-corrected chi connectivity index (χ0v) is 16.0. The van der Waals surface area contributed by atoms with Crippen molar-refractivity contribution in [2.75, 3.05) is 0 Å². The molecule has 0 heterocycles. The average Bonchev–Trinajstić information content (AvgIpc) is 2.57. The Balaban J connectivity index is 3.44. The highest BCUT2D eigenvalue weighted by Gasteiger charge is 2.14. The van der Waals surface area contributed by atoms with Gasteiger partial charge in [0.2, 0.25) is 0 Å². The SMILES string of the molecule is C=C(C(=O)[O-])C(CCCCCCCCCCCCCCCC)C(=O)[O-]. The zero-order valence-electron chi connectivity index (χ0n) is 16.0. The van der Waals surface area contributed by atoms with Gasteiger partial charge in [-0.05, 0) is 12.0 Å². The van der Waals surface area contributed by atoms with E-state index in [1.54, 1.807) is 0 Å². The van der Waals surface area contributed by atoms with E-state index in [1.807, 2.05) is 0 Å². The number of aliphatic carboxylic acids is 2. The topological polar surface area (TPSA) is 80.3 Å². The molecule has 0 aromatic heterocycles. The number of unbranched alkanes of at least 4 members (excludes halogenated alkanes) is 13. The molecule has 0 saturated carbocycles. The molecule has 0 aromatic rings. The first kappa shape index (κ1) is 23.7. The van der Waals surface area contributed by atoms with Crippen molar-refractivity contribution < 1.29 is 19.8 Å². The molecule has 0 spiro atoms. The summed E-state index contributed by atoms with van der Waals surface area (Å²) in [6.45, 7) is 5.52.